The van der Waals surface area contributed by atoms with Crippen LogP contribution in [-0.2, 0) is 0 Å². The first kappa shape index (κ1) is 10.7. The summed E-state index contributed by atoms with van der Waals surface area (Å²) in [6.45, 7) is 0. The van der Waals surface area contributed by atoms with Gasteiger partial charge in [-0.25, -0.2) is 18.9 Å². The van der Waals surface area contributed by atoms with Gasteiger partial charge in [0.15, 0.2) is 17.3 Å². The molecule has 0 fully saturated rings. The first-order valence-corrected chi connectivity index (χ1v) is 4.97. The van der Waals surface area contributed by atoms with E-state index < -0.39 is 11.8 Å². The van der Waals surface area contributed by atoms with Gasteiger partial charge < -0.3 is 5.11 Å². The van der Waals surface area contributed by atoms with Crippen molar-refractivity contribution in [3.8, 4) is 5.82 Å². The van der Waals surface area contributed by atoms with E-state index in [-0.39, 0.29) is 11.5 Å². The number of pyridine rings is 1. The number of carboxylic acids is 1. The summed E-state index contributed by atoms with van der Waals surface area (Å²) in [6.07, 6.45) is 2.74. The van der Waals surface area contributed by atoms with E-state index in [0.717, 1.165) is 4.68 Å². The number of rotatable bonds is 2. The minimum atomic E-state index is -1.17. The number of aromatic nitrogens is 3. The van der Waals surface area contributed by atoms with E-state index in [1.54, 1.807) is 0 Å². The van der Waals surface area contributed by atoms with Crippen LogP contribution in [0.5, 0.6) is 0 Å². The summed E-state index contributed by atoms with van der Waals surface area (Å²) in [7, 11) is 0. The minimum Gasteiger partial charge on any atom is -0.476 e. The Labute approximate surface area is 97.7 Å². The van der Waals surface area contributed by atoms with Gasteiger partial charge in [-0.15, -0.1) is 0 Å². The molecule has 2 aromatic heterocycles. The molecule has 16 heavy (non-hydrogen) atoms. The summed E-state index contributed by atoms with van der Waals surface area (Å²) in [5, 5.41) is 12.3. The summed E-state index contributed by atoms with van der Waals surface area (Å²) >= 11 is 3.07. The lowest BCUT2D eigenvalue weighted by Crippen LogP contribution is -2.04. The molecular formula is C9H5BrFN3O2. The second kappa shape index (κ2) is 4.01. The van der Waals surface area contributed by atoms with Crippen molar-refractivity contribution >= 4 is 21.9 Å². The largest absolute Gasteiger partial charge is 0.476 e. The van der Waals surface area contributed by atoms with Gasteiger partial charge in [0.05, 0.1) is 0 Å². The fraction of sp³-hybridized carbons (Fsp3) is 0. The van der Waals surface area contributed by atoms with Crippen molar-refractivity contribution in [2.24, 2.45) is 0 Å². The molecule has 82 valence electrons. The number of hydrogen-bond donors (Lipinski definition) is 1. The summed E-state index contributed by atoms with van der Waals surface area (Å²) in [6, 6.07) is 2.50. The first-order chi connectivity index (χ1) is 7.58. The van der Waals surface area contributed by atoms with E-state index in [4.69, 9.17) is 5.11 Å². The fourth-order valence-corrected chi connectivity index (χ4v) is 1.44. The number of nitrogens with zero attached hydrogens (tertiary/aromatic N) is 3. The summed E-state index contributed by atoms with van der Waals surface area (Å²) in [5.74, 6) is -1.80. The smallest absolute Gasteiger partial charge is 0.356 e. The standard InChI is InChI=1S/C9H5BrFN3O2/c10-5-3-6(11)8(12-4-5)14-2-1-7(13-14)9(15)16/h1-4H,(H,15,16). The lowest BCUT2D eigenvalue weighted by atomic mass is 10.4. The van der Waals surface area contributed by atoms with Crippen molar-refractivity contribution in [1.82, 2.24) is 14.8 Å². The molecule has 2 aromatic rings. The molecule has 0 amide bonds. The second-order valence-electron chi connectivity index (χ2n) is 2.91. The van der Waals surface area contributed by atoms with E-state index in [1.165, 1.54) is 24.5 Å². The van der Waals surface area contributed by atoms with Gasteiger partial charge in [-0.3, -0.25) is 0 Å². The first-order valence-electron chi connectivity index (χ1n) is 4.18. The molecule has 0 radical (unpaired) electrons. The number of hydrogen-bond acceptors (Lipinski definition) is 3. The molecule has 0 unspecified atom stereocenters. The fourth-order valence-electron chi connectivity index (χ4n) is 1.13. The van der Waals surface area contributed by atoms with Crippen LogP contribution >= 0.6 is 15.9 Å². The molecule has 5 nitrogen and oxygen atoms in total. The third kappa shape index (κ3) is 1.94. The highest BCUT2D eigenvalue weighted by atomic mass is 79.9. The van der Waals surface area contributed by atoms with Crippen LogP contribution in [0.1, 0.15) is 10.5 Å². The molecule has 2 heterocycles. The van der Waals surface area contributed by atoms with E-state index in [1.807, 2.05) is 0 Å². The molecule has 7 heteroatoms. The van der Waals surface area contributed by atoms with Crippen LogP contribution in [0.3, 0.4) is 0 Å². The predicted molar refractivity (Wildman–Crippen MR) is 56.0 cm³/mol. The average Bonchev–Trinajstić information content (AvgIpc) is 2.66. The molecule has 0 saturated heterocycles. The van der Waals surface area contributed by atoms with Crippen LogP contribution in [-0.4, -0.2) is 25.8 Å². The van der Waals surface area contributed by atoms with Gasteiger partial charge in [-0.2, -0.15) is 5.10 Å². The highest BCUT2D eigenvalue weighted by molar-refractivity contribution is 9.10. The quantitative estimate of drug-likeness (QED) is 0.915. The molecular weight excluding hydrogens is 281 g/mol. The van der Waals surface area contributed by atoms with Crippen molar-refractivity contribution in [3.63, 3.8) is 0 Å². The lowest BCUT2D eigenvalue weighted by Gasteiger charge is -2.01. The zero-order valence-corrected chi connectivity index (χ0v) is 9.35. The van der Waals surface area contributed by atoms with E-state index in [9.17, 15) is 9.18 Å². The maximum Gasteiger partial charge on any atom is 0.356 e. The van der Waals surface area contributed by atoms with Crippen LogP contribution in [0.15, 0.2) is 29.0 Å². The lowest BCUT2D eigenvalue weighted by molar-refractivity contribution is 0.0690. The molecule has 0 spiro atoms. The molecule has 0 bridgehead atoms. The van der Waals surface area contributed by atoms with Gasteiger partial charge in [0.1, 0.15) is 0 Å². The van der Waals surface area contributed by atoms with Crippen LogP contribution < -0.4 is 0 Å². The Morgan fingerprint density at radius 1 is 1.56 bits per heavy atom. The molecule has 0 aromatic carbocycles. The van der Waals surface area contributed by atoms with Crippen molar-refractivity contribution in [3.05, 3.63) is 40.5 Å². The Morgan fingerprint density at radius 2 is 2.31 bits per heavy atom. The third-order valence-corrected chi connectivity index (χ3v) is 2.25. The Balaban J connectivity index is 2.46. The Hall–Kier alpha value is -1.76. The van der Waals surface area contributed by atoms with Gasteiger partial charge in [0.25, 0.3) is 0 Å². The molecule has 0 saturated carbocycles. The van der Waals surface area contributed by atoms with E-state index >= 15 is 0 Å². The van der Waals surface area contributed by atoms with Crippen LogP contribution in [0.25, 0.3) is 5.82 Å². The topological polar surface area (TPSA) is 68.0 Å². The zero-order chi connectivity index (χ0) is 11.7. The number of aromatic carboxylic acids is 1. The van der Waals surface area contributed by atoms with Crippen molar-refractivity contribution in [2.45, 2.75) is 0 Å². The number of carboxylic acid groups (broad SMARTS) is 1. The molecule has 2 rings (SSSR count). The van der Waals surface area contributed by atoms with Gasteiger partial charge in [0, 0.05) is 16.9 Å². The molecule has 1 N–H and O–H groups in total. The summed E-state index contributed by atoms with van der Waals surface area (Å²) < 4.78 is 15.0. The van der Waals surface area contributed by atoms with Crippen LogP contribution in [0.2, 0.25) is 0 Å². The van der Waals surface area contributed by atoms with Gasteiger partial charge in [-0.1, -0.05) is 0 Å². The third-order valence-electron chi connectivity index (χ3n) is 1.81. The normalized spacial score (nSPS) is 10.4. The van der Waals surface area contributed by atoms with Crippen LogP contribution in [0.4, 0.5) is 4.39 Å². The molecule has 0 aliphatic rings. The summed E-state index contributed by atoms with van der Waals surface area (Å²) in [5.41, 5.74) is -0.163. The van der Waals surface area contributed by atoms with E-state index in [2.05, 4.69) is 26.0 Å². The molecule has 0 atom stereocenters. The monoisotopic (exact) mass is 285 g/mol. The number of halogens is 2. The predicted octanol–water partition coefficient (Wildman–Crippen LogP) is 1.87. The van der Waals surface area contributed by atoms with E-state index in [0.29, 0.717) is 4.47 Å². The minimum absolute atomic E-state index is 0.0456. The van der Waals surface area contributed by atoms with Crippen molar-refractivity contribution in [2.75, 3.05) is 0 Å². The Bertz CT molecular complexity index is 555. The number of carbonyl (C=O) groups is 1. The SMILES string of the molecule is O=C(O)c1ccn(-c2ncc(Br)cc2F)n1. The molecule has 0 aliphatic heterocycles. The van der Waals surface area contributed by atoms with Crippen molar-refractivity contribution in [1.29, 1.82) is 0 Å². The second-order valence-corrected chi connectivity index (χ2v) is 3.83. The molecule has 0 aliphatic carbocycles. The van der Waals surface area contributed by atoms with Gasteiger partial charge >= 0.3 is 5.97 Å². The maximum absolute atomic E-state index is 13.4. The average molecular weight is 286 g/mol. The van der Waals surface area contributed by atoms with Crippen molar-refractivity contribution < 1.29 is 14.3 Å². The maximum atomic E-state index is 13.4. The highest BCUT2D eigenvalue weighted by Gasteiger charge is 2.11. The van der Waals surface area contributed by atoms with Crippen LogP contribution in [0, 0.1) is 5.82 Å². The Morgan fingerprint density at radius 3 is 2.88 bits per heavy atom. The van der Waals surface area contributed by atoms with Gasteiger partial charge in [0.2, 0.25) is 0 Å². The van der Waals surface area contributed by atoms with Gasteiger partial charge in [-0.05, 0) is 28.1 Å². The zero-order valence-electron chi connectivity index (χ0n) is 7.76. The Kier molecular flexibility index (Phi) is 2.69. The summed E-state index contributed by atoms with van der Waals surface area (Å²) in [4.78, 5) is 14.4. The highest BCUT2D eigenvalue weighted by Crippen LogP contribution is 2.15.